The number of hydrogen-bond donors (Lipinski definition) is 0. The molecule has 0 bridgehead atoms. The maximum Gasteiger partial charge on any atom is 0.206 e. The minimum absolute atomic E-state index is 0.148. The Kier molecular flexibility index (Phi) is 5.36. The minimum Gasteiger partial charge on any atom is -0.497 e. The number of Topliss-reactive ketones (excluding diaryl/α,β-unsaturated/α-hetero) is 3. The van der Waals surface area contributed by atoms with E-state index in [2.05, 4.69) is 0 Å². The van der Waals surface area contributed by atoms with Crippen molar-refractivity contribution in [3.05, 3.63) is 65.5 Å². The first-order chi connectivity index (χ1) is 11.0. The summed E-state index contributed by atoms with van der Waals surface area (Å²) in [6, 6.07) is 11.7. The van der Waals surface area contributed by atoms with Gasteiger partial charge in [-0.05, 0) is 29.8 Å². The molecule has 0 saturated heterocycles. The van der Waals surface area contributed by atoms with Crippen molar-refractivity contribution in [1.29, 1.82) is 0 Å². The highest BCUT2D eigenvalue weighted by molar-refractivity contribution is 6.41. The predicted octanol–water partition coefficient (Wildman–Crippen LogP) is 2.79. The van der Waals surface area contributed by atoms with E-state index in [1.807, 2.05) is 0 Å². The number of rotatable bonds is 7. The Morgan fingerprint density at radius 3 is 2.35 bits per heavy atom. The number of ether oxygens (including phenoxy) is 1. The van der Waals surface area contributed by atoms with E-state index in [0.717, 1.165) is 0 Å². The first-order valence-corrected chi connectivity index (χ1v) is 6.97. The molecular formula is C18H15FO4. The van der Waals surface area contributed by atoms with Crippen LogP contribution in [0.15, 0.2) is 48.5 Å². The molecule has 0 N–H and O–H groups in total. The zero-order valence-electron chi connectivity index (χ0n) is 12.5. The summed E-state index contributed by atoms with van der Waals surface area (Å²) in [5.74, 6) is -1.79. The highest BCUT2D eigenvalue weighted by Crippen LogP contribution is 2.14. The van der Waals surface area contributed by atoms with Gasteiger partial charge in [0.1, 0.15) is 11.6 Å². The molecule has 2 aromatic carbocycles. The largest absolute Gasteiger partial charge is 0.497 e. The van der Waals surface area contributed by atoms with Crippen molar-refractivity contribution in [2.45, 2.75) is 12.8 Å². The molecule has 0 aromatic heterocycles. The maximum atomic E-state index is 12.8. The van der Waals surface area contributed by atoms with E-state index >= 15 is 0 Å². The fourth-order valence-electron chi connectivity index (χ4n) is 2.03. The van der Waals surface area contributed by atoms with E-state index in [-0.39, 0.29) is 6.42 Å². The molecule has 0 amide bonds. The standard InChI is InChI=1S/C18H15FO4/c1-23-15-4-2-3-13(10-15)16(20)11-18(22)17(21)9-12-5-7-14(19)8-6-12/h2-8,10H,9,11H2,1H3. The van der Waals surface area contributed by atoms with Crippen LogP contribution in [0.5, 0.6) is 5.75 Å². The minimum atomic E-state index is -0.762. The third-order valence-electron chi connectivity index (χ3n) is 3.30. The van der Waals surface area contributed by atoms with Gasteiger partial charge < -0.3 is 4.74 Å². The second kappa shape index (κ2) is 7.45. The molecule has 23 heavy (non-hydrogen) atoms. The van der Waals surface area contributed by atoms with Gasteiger partial charge in [0.05, 0.1) is 13.5 Å². The molecule has 0 heterocycles. The highest BCUT2D eigenvalue weighted by atomic mass is 19.1. The lowest BCUT2D eigenvalue weighted by Gasteiger charge is -2.04. The second-order valence-corrected chi connectivity index (χ2v) is 4.98. The fourth-order valence-corrected chi connectivity index (χ4v) is 2.03. The summed E-state index contributed by atoms with van der Waals surface area (Å²) >= 11 is 0. The molecule has 0 aliphatic heterocycles. The molecular weight excluding hydrogens is 299 g/mol. The summed E-state index contributed by atoms with van der Waals surface area (Å²) in [6.07, 6.45) is -0.641. The van der Waals surface area contributed by atoms with Gasteiger partial charge in [-0.25, -0.2) is 4.39 Å². The lowest BCUT2D eigenvalue weighted by molar-refractivity contribution is -0.135. The van der Waals surface area contributed by atoms with Crippen molar-refractivity contribution >= 4 is 17.3 Å². The maximum absolute atomic E-state index is 12.8. The summed E-state index contributed by atoms with van der Waals surface area (Å²) < 4.78 is 17.8. The van der Waals surface area contributed by atoms with Gasteiger partial charge in [-0.15, -0.1) is 0 Å². The Bertz CT molecular complexity index is 735. The zero-order valence-corrected chi connectivity index (χ0v) is 12.5. The van der Waals surface area contributed by atoms with Gasteiger partial charge in [0.15, 0.2) is 5.78 Å². The third kappa shape index (κ3) is 4.57. The molecule has 2 aromatic rings. The number of ketones is 3. The molecule has 0 fully saturated rings. The van der Waals surface area contributed by atoms with Gasteiger partial charge in [-0.1, -0.05) is 24.3 Å². The molecule has 0 unspecified atom stereocenters. The second-order valence-electron chi connectivity index (χ2n) is 4.98. The van der Waals surface area contributed by atoms with Crippen LogP contribution in [0.3, 0.4) is 0 Å². The summed E-state index contributed by atoms with van der Waals surface area (Å²) in [5, 5.41) is 0. The van der Waals surface area contributed by atoms with Crippen LogP contribution in [0.4, 0.5) is 4.39 Å². The number of halogens is 1. The Hall–Kier alpha value is -2.82. The molecule has 0 atom stereocenters. The Balaban J connectivity index is 1.98. The highest BCUT2D eigenvalue weighted by Gasteiger charge is 2.19. The number of methoxy groups -OCH3 is 1. The van der Waals surface area contributed by atoms with Crippen LogP contribution in [-0.4, -0.2) is 24.5 Å². The Morgan fingerprint density at radius 1 is 1.00 bits per heavy atom. The first kappa shape index (κ1) is 16.5. The van der Waals surface area contributed by atoms with Crippen LogP contribution in [0, 0.1) is 5.82 Å². The van der Waals surface area contributed by atoms with Crippen molar-refractivity contribution in [2.75, 3.05) is 7.11 Å². The zero-order chi connectivity index (χ0) is 16.8. The van der Waals surface area contributed by atoms with E-state index in [0.29, 0.717) is 16.9 Å². The van der Waals surface area contributed by atoms with Crippen molar-refractivity contribution < 1.29 is 23.5 Å². The molecule has 118 valence electrons. The predicted molar refractivity (Wildman–Crippen MR) is 82.1 cm³/mol. The van der Waals surface area contributed by atoms with Crippen LogP contribution in [0.25, 0.3) is 0 Å². The van der Waals surface area contributed by atoms with Crippen molar-refractivity contribution in [1.82, 2.24) is 0 Å². The van der Waals surface area contributed by atoms with Crippen LogP contribution in [-0.2, 0) is 16.0 Å². The average Bonchev–Trinajstić information content (AvgIpc) is 2.56. The number of carbonyl (C=O) groups excluding carboxylic acids is 3. The van der Waals surface area contributed by atoms with Gasteiger partial charge in [0, 0.05) is 12.0 Å². The van der Waals surface area contributed by atoms with E-state index in [1.165, 1.54) is 37.4 Å². The quantitative estimate of drug-likeness (QED) is 0.448. The molecule has 2 rings (SSSR count). The fraction of sp³-hybridized carbons (Fsp3) is 0.167. The van der Waals surface area contributed by atoms with Crippen LogP contribution in [0.2, 0.25) is 0 Å². The van der Waals surface area contributed by atoms with Crippen molar-refractivity contribution in [3.8, 4) is 5.75 Å². The lowest BCUT2D eigenvalue weighted by atomic mass is 10.0. The van der Waals surface area contributed by atoms with Crippen LogP contribution < -0.4 is 4.74 Å². The van der Waals surface area contributed by atoms with Crippen molar-refractivity contribution in [2.24, 2.45) is 0 Å². The van der Waals surface area contributed by atoms with Gasteiger partial charge in [0.25, 0.3) is 0 Å². The summed E-state index contributed by atoms with van der Waals surface area (Å²) in [5.41, 5.74) is 0.839. The number of benzene rings is 2. The Morgan fingerprint density at radius 2 is 1.70 bits per heavy atom. The topological polar surface area (TPSA) is 60.4 Å². The van der Waals surface area contributed by atoms with E-state index in [1.54, 1.807) is 18.2 Å². The molecule has 0 aliphatic rings. The molecule has 4 nitrogen and oxygen atoms in total. The van der Waals surface area contributed by atoms with E-state index < -0.39 is 29.6 Å². The molecule has 0 aliphatic carbocycles. The van der Waals surface area contributed by atoms with Crippen LogP contribution >= 0.6 is 0 Å². The van der Waals surface area contributed by atoms with Crippen LogP contribution in [0.1, 0.15) is 22.3 Å². The van der Waals surface area contributed by atoms with E-state index in [9.17, 15) is 18.8 Å². The van der Waals surface area contributed by atoms with Gasteiger partial charge in [-0.2, -0.15) is 0 Å². The molecule has 0 radical (unpaired) electrons. The third-order valence-corrected chi connectivity index (χ3v) is 3.30. The SMILES string of the molecule is COc1cccc(C(=O)CC(=O)C(=O)Cc2ccc(F)cc2)c1. The van der Waals surface area contributed by atoms with Gasteiger partial charge >= 0.3 is 0 Å². The first-order valence-electron chi connectivity index (χ1n) is 6.97. The normalized spacial score (nSPS) is 10.2. The smallest absolute Gasteiger partial charge is 0.206 e. The summed E-state index contributed by atoms with van der Waals surface area (Å²) in [6.45, 7) is 0. The Labute approximate surface area is 132 Å². The van der Waals surface area contributed by atoms with E-state index in [4.69, 9.17) is 4.74 Å². The monoisotopic (exact) mass is 314 g/mol. The molecule has 0 spiro atoms. The van der Waals surface area contributed by atoms with Gasteiger partial charge in [-0.3, -0.25) is 14.4 Å². The van der Waals surface area contributed by atoms with Crippen molar-refractivity contribution in [3.63, 3.8) is 0 Å². The summed E-state index contributed by atoms with van der Waals surface area (Å²) in [7, 11) is 1.47. The summed E-state index contributed by atoms with van der Waals surface area (Å²) in [4.78, 5) is 35.8. The molecule has 0 saturated carbocycles. The van der Waals surface area contributed by atoms with Gasteiger partial charge in [0.2, 0.25) is 11.6 Å². The number of carbonyl (C=O) groups is 3. The average molecular weight is 314 g/mol. The molecule has 5 heteroatoms. The number of hydrogen-bond acceptors (Lipinski definition) is 4. The lowest BCUT2D eigenvalue weighted by Crippen LogP contribution is -2.20.